The highest BCUT2D eigenvalue weighted by Crippen LogP contribution is 2.41. The highest BCUT2D eigenvalue weighted by atomic mass is 16.5. The van der Waals surface area contributed by atoms with Crippen LogP contribution in [0.15, 0.2) is 18.2 Å². The minimum Gasteiger partial charge on any atom is -0.489 e. The SMILES string of the molecule is CCC(C)(C)C1CCC(N)C(Oc2ccc(C)c(C)c2)C1. The van der Waals surface area contributed by atoms with Gasteiger partial charge in [0, 0.05) is 6.04 Å². The number of rotatable bonds is 4. The predicted molar refractivity (Wildman–Crippen MR) is 89.7 cm³/mol. The molecule has 2 N–H and O–H groups in total. The second-order valence-electron chi connectivity index (χ2n) is 7.42. The molecule has 0 saturated heterocycles. The molecular formula is C19H31NO. The molecule has 118 valence electrons. The van der Waals surface area contributed by atoms with E-state index in [1.165, 1.54) is 24.0 Å². The Bertz CT molecular complexity index is 480. The van der Waals surface area contributed by atoms with Gasteiger partial charge in [-0.05, 0) is 67.7 Å². The van der Waals surface area contributed by atoms with Crippen molar-refractivity contribution < 1.29 is 4.74 Å². The van der Waals surface area contributed by atoms with Gasteiger partial charge in [-0.1, -0.05) is 33.3 Å². The van der Waals surface area contributed by atoms with E-state index in [0.29, 0.717) is 11.3 Å². The Kier molecular flexibility index (Phi) is 4.98. The number of hydrogen-bond donors (Lipinski definition) is 1. The monoisotopic (exact) mass is 289 g/mol. The van der Waals surface area contributed by atoms with Crippen LogP contribution < -0.4 is 10.5 Å². The summed E-state index contributed by atoms with van der Waals surface area (Å²) < 4.78 is 6.25. The molecule has 2 heteroatoms. The van der Waals surface area contributed by atoms with Gasteiger partial charge in [0.1, 0.15) is 11.9 Å². The molecule has 0 aromatic heterocycles. The molecule has 0 aliphatic heterocycles. The molecule has 0 spiro atoms. The van der Waals surface area contributed by atoms with Crippen molar-refractivity contribution in [1.29, 1.82) is 0 Å². The van der Waals surface area contributed by atoms with Gasteiger partial charge in [0.2, 0.25) is 0 Å². The molecule has 1 aromatic rings. The summed E-state index contributed by atoms with van der Waals surface area (Å²) in [5.74, 6) is 1.67. The Labute approximate surface area is 130 Å². The largest absolute Gasteiger partial charge is 0.489 e. The Morgan fingerprint density at radius 1 is 1.19 bits per heavy atom. The summed E-state index contributed by atoms with van der Waals surface area (Å²) in [6.07, 6.45) is 4.74. The molecule has 3 atom stereocenters. The molecule has 0 radical (unpaired) electrons. The molecule has 1 aromatic carbocycles. The van der Waals surface area contributed by atoms with Crippen molar-refractivity contribution >= 4 is 0 Å². The van der Waals surface area contributed by atoms with Gasteiger partial charge in [-0.3, -0.25) is 0 Å². The Hall–Kier alpha value is -1.02. The fourth-order valence-electron chi connectivity index (χ4n) is 3.25. The van der Waals surface area contributed by atoms with Crippen LogP contribution in [0.25, 0.3) is 0 Å². The topological polar surface area (TPSA) is 35.2 Å². The van der Waals surface area contributed by atoms with Gasteiger partial charge < -0.3 is 10.5 Å². The number of nitrogens with two attached hydrogens (primary N) is 1. The van der Waals surface area contributed by atoms with Crippen molar-refractivity contribution in [3.63, 3.8) is 0 Å². The Balaban J connectivity index is 2.08. The summed E-state index contributed by atoms with van der Waals surface area (Å²) in [5.41, 5.74) is 9.28. The molecule has 1 fully saturated rings. The van der Waals surface area contributed by atoms with E-state index in [2.05, 4.69) is 52.8 Å². The first-order chi connectivity index (χ1) is 9.83. The van der Waals surface area contributed by atoms with E-state index in [1.807, 2.05) is 0 Å². The Morgan fingerprint density at radius 3 is 2.52 bits per heavy atom. The summed E-state index contributed by atoms with van der Waals surface area (Å²) in [6.45, 7) is 11.3. The van der Waals surface area contributed by atoms with Crippen LogP contribution in [-0.2, 0) is 0 Å². The van der Waals surface area contributed by atoms with E-state index in [4.69, 9.17) is 10.5 Å². The molecule has 2 rings (SSSR count). The lowest BCUT2D eigenvalue weighted by Gasteiger charge is -2.42. The van der Waals surface area contributed by atoms with Crippen molar-refractivity contribution in [1.82, 2.24) is 0 Å². The fraction of sp³-hybridized carbons (Fsp3) is 0.684. The smallest absolute Gasteiger partial charge is 0.120 e. The van der Waals surface area contributed by atoms with Gasteiger partial charge in [-0.2, -0.15) is 0 Å². The van der Waals surface area contributed by atoms with E-state index in [1.54, 1.807) is 0 Å². The third-order valence-electron chi connectivity index (χ3n) is 5.63. The average Bonchev–Trinajstić information content (AvgIpc) is 2.45. The standard InChI is InChI=1S/C19H31NO/c1-6-19(4,5)15-8-10-17(20)18(12-15)21-16-9-7-13(2)14(3)11-16/h7,9,11,15,17-18H,6,8,10,12,20H2,1-5H3. The Morgan fingerprint density at radius 2 is 1.90 bits per heavy atom. The van der Waals surface area contributed by atoms with Crippen LogP contribution >= 0.6 is 0 Å². The molecule has 2 nitrogen and oxygen atoms in total. The maximum Gasteiger partial charge on any atom is 0.120 e. The molecular weight excluding hydrogens is 258 g/mol. The third kappa shape index (κ3) is 3.79. The molecule has 3 unspecified atom stereocenters. The van der Waals surface area contributed by atoms with Crippen molar-refractivity contribution in [2.24, 2.45) is 17.1 Å². The summed E-state index contributed by atoms with van der Waals surface area (Å²) in [6, 6.07) is 6.50. The van der Waals surface area contributed by atoms with Crippen LogP contribution in [0.3, 0.4) is 0 Å². The summed E-state index contributed by atoms with van der Waals surface area (Å²) >= 11 is 0. The number of ether oxygens (including phenoxy) is 1. The molecule has 1 saturated carbocycles. The molecule has 0 bridgehead atoms. The van der Waals surface area contributed by atoms with Crippen LogP contribution in [0.4, 0.5) is 0 Å². The highest BCUT2D eigenvalue weighted by molar-refractivity contribution is 5.34. The average molecular weight is 289 g/mol. The fourth-order valence-corrected chi connectivity index (χ4v) is 3.25. The zero-order chi connectivity index (χ0) is 15.6. The number of aryl methyl sites for hydroxylation is 2. The van der Waals surface area contributed by atoms with Crippen LogP contribution in [0, 0.1) is 25.2 Å². The zero-order valence-electron chi connectivity index (χ0n) is 14.3. The molecule has 21 heavy (non-hydrogen) atoms. The van der Waals surface area contributed by atoms with E-state index < -0.39 is 0 Å². The van der Waals surface area contributed by atoms with Gasteiger partial charge in [0.25, 0.3) is 0 Å². The van der Waals surface area contributed by atoms with Gasteiger partial charge in [-0.25, -0.2) is 0 Å². The second kappa shape index (κ2) is 6.39. The lowest BCUT2D eigenvalue weighted by molar-refractivity contribution is 0.0502. The lowest BCUT2D eigenvalue weighted by atomic mass is 9.68. The van der Waals surface area contributed by atoms with E-state index in [0.717, 1.165) is 18.6 Å². The van der Waals surface area contributed by atoms with Gasteiger partial charge in [-0.15, -0.1) is 0 Å². The molecule has 1 aliphatic carbocycles. The number of benzene rings is 1. The summed E-state index contributed by atoms with van der Waals surface area (Å²) in [7, 11) is 0. The highest BCUT2D eigenvalue weighted by Gasteiger charge is 2.37. The molecule has 1 aliphatic rings. The van der Waals surface area contributed by atoms with E-state index in [-0.39, 0.29) is 12.1 Å². The van der Waals surface area contributed by atoms with E-state index in [9.17, 15) is 0 Å². The van der Waals surface area contributed by atoms with E-state index >= 15 is 0 Å². The minimum atomic E-state index is 0.150. The van der Waals surface area contributed by atoms with Gasteiger partial charge in [0.05, 0.1) is 0 Å². The third-order valence-corrected chi connectivity index (χ3v) is 5.63. The number of hydrogen-bond acceptors (Lipinski definition) is 2. The van der Waals surface area contributed by atoms with Crippen LogP contribution in [0.2, 0.25) is 0 Å². The first kappa shape index (κ1) is 16.4. The lowest BCUT2D eigenvalue weighted by Crippen LogP contribution is -2.46. The molecule has 0 amide bonds. The minimum absolute atomic E-state index is 0.150. The first-order valence-electron chi connectivity index (χ1n) is 8.33. The quantitative estimate of drug-likeness (QED) is 0.878. The maximum atomic E-state index is 6.32. The van der Waals surface area contributed by atoms with Crippen molar-refractivity contribution in [2.45, 2.75) is 72.4 Å². The van der Waals surface area contributed by atoms with Crippen molar-refractivity contribution in [2.75, 3.05) is 0 Å². The predicted octanol–water partition coefficient (Wildman–Crippen LogP) is 4.61. The van der Waals surface area contributed by atoms with Gasteiger partial charge in [0.15, 0.2) is 0 Å². The summed E-state index contributed by atoms with van der Waals surface area (Å²) in [4.78, 5) is 0. The normalized spacial score (nSPS) is 26.7. The van der Waals surface area contributed by atoms with Crippen molar-refractivity contribution in [3.8, 4) is 5.75 Å². The van der Waals surface area contributed by atoms with Crippen LogP contribution in [0.5, 0.6) is 5.75 Å². The maximum absolute atomic E-state index is 6.32. The molecule has 0 heterocycles. The zero-order valence-corrected chi connectivity index (χ0v) is 14.3. The van der Waals surface area contributed by atoms with Gasteiger partial charge >= 0.3 is 0 Å². The second-order valence-corrected chi connectivity index (χ2v) is 7.42. The van der Waals surface area contributed by atoms with Crippen molar-refractivity contribution in [3.05, 3.63) is 29.3 Å². The van der Waals surface area contributed by atoms with Crippen LogP contribution in [-0.4, -0.2) is 12.1 Å². The van der Waals surface area contributed by atoms with Crippen LogP contribution in [0.1, 0.15) is 57.6 Å². The first-order valence-corrected chi connectivity index (χ1v) is 8.33. The summed E-state index contributed by atoms with van der Waals surface area (Å²) in [5, 5.41) is 0.